The number of rotatable bonds is 8. The first kappa shape index (κ1) is 22.6. The van der Waals surface area contributed by atoms with Crippen LogP contribution < -0.4 is 4.74 Å². The van der Waals surface area contributed by atoms with Crippen LogP contribution >= 0.6 is 23.4 Å². The molecule has 7 nitrogen and oxygen atoms in total. The van der Waals surface area contributed by atoms with Crippen molar-refractivity contribution in [3.05, 3.63) is 71.0 Å². The fourth-order valence-corrected chi connectivity index (χ4v) is 4.47. The van der Waals surface area contributed by atoms with Gasteiger partial charge in [-0.2, -0.15) is 11.8 Å². The molecule has 1 aliphatic heterocycles. The zero-order chi connectivity index (χ0) is 22.3. The van der Waals surface area contributed by atoms with Crippen molar-refractivity contribution in [2.24, 2.45) is 0 Å². The molecule has 9 heteroatoms. The van der Waals surface area contributed by atoms with Gasteiger partial charge >= 0.3 is 0 Å². The summed E-state index contributed by atoms with van der Waals surface area (Å²) in [5.41, 5.74) is 1.57. The van der Waals surface area contributed by atoms with Crippen LogP contribution in [0.3, 0.4) is 0 Å². The van der Waals surface area contributed by atoms with Gasteiger partial charge in [0, 0.05) is 42.7 Å². The summed E-state index contributed by atoms with van der Waals surface area (Å²) in [6, 6.07) is 15.4. The first-order chi connectivity index (χ1) is 15.6. The number of likely N-dealkylation sites (N-methyl/N-ethyl adjacent to an activating group) is 1. The molecular weight excluding hydrogens is 446 g/mol. The summed E-state index contributed by atoms with van der Waals surface area (Å²) in [7, 11) is 2.06. The van der Waals surface area contributed by atoms with Crippen LogP contribution in [0.4, 0.5) is 0 Å². The van der Waals surface area contributed by atoms with E-state index in [-0.39, 0.29) is 5.91 Å². The van der Waals surface area contributed by atoms with Gasteiger partial charge in [-0.3, -0.25) is 9.48 Å². The van der Waals surface area contributed by atoms with Crippen LogP contribution in [0.2, 0.25) is 5.02 Å². The third kappa shape index (κ3) is 6.25. The maximum atomic E-state index is 12.5. The zero-order valence-electron chi connectivity index (χ0n) is 18.0. The lowest BCUT2D eigenvalue weighted by Crippen LogP contribution is -2.38. The van der Waals surface area contributed by atoms with Crippen LogP contribution in [0.1, 0.15) is 16.1 Å². The molecule has 0 bridgehead atoms. The average Bonchev–Trinajstić information content (AvgIpc) is 3.29. The Hall–Kier alpha value is -2.55. The highest BCUT2D eigenvalue weighted by Crippen LogP contribution is 2.24. The summed E-state index contributed by atoms with van der Waals surface area (Å²) in [5, 5.41) is 8.90. The fraction of sp³-hybridized carbons (Fsp3) is 0.348. The highest BCUT2D eigenvalue weighted by molar-refractivity contribution is 7.99. The van der Waals surface area contributed by atoms with E-state index in [1.165, 1.54) is 0 Å². The van der Waals surface area contributed by atoms with Crippen LogP contribution in [0.5, 0.6) is 11.5 Å². The Bertz CT molecular complexity index is 1040. The quantitative estimate of drug-likeness (QED) is 0.494. The van der Waals surface area contributed by atoms with Gasteiger partial charge in [-0.25, -0.2) is 0 Å². The Morgan fingerprint density at radius 3 is 2.72 bits per heavy atom. The minimum atomic E-state index is -0.0255. The standard InChI is InChI=1S/C23H26ClN5O2S/c1-27(9-10-29-17-22(25-26-29)23(30)28-11-13-32-14-12-28)16-18-3-2-4-21(15-18)31-20-7-5-19(24)6-8-20/h2-8,15,17H,9-14,16H2,1H3. The molecule has 2 aromatic carbocycles. The van der Waals surface area contributed by atoms with Crippen LogP contribution in [-0.2, 0) is 13.1 Å². The lowest BCUT2D eigenvalue weighted by molar-refractivity contribution is 0.0766. The van der Waals surface area contributed by atoms with Crippen LogP contribution in [0.25, 0.3) is 0 Å². The van der Waals surface area contributed by atoms with Gasteiger partial charge in [0.2, 0.25) is 0 Å². The molecule has 0 unspecified atom stereocenters. The predicted octanol–water partition coefficient (Wildman–Crippen LogP) is 4.04. The summed E-state index contributed by atoms with van der Waals surface area (Å²) in [6.07, 6.45) is 1.75. The highest BCUT2D eigenvalue weighted by Gasteiger charge is 2.21. The minimum Gasteiger partial charge on any atom is -0.457 e. The molecule has 2 heterocycles. The van der Waals surface area contributed by atoms with Gasteiger partial charge in [-0.1, -0.05) is 28.9 Å². The second kappa shape index (κ2) is 10.8. The summed E-state index contributed by atoms with van der Waals surface area (Å²) in [5.74, 6) is 3.48. The molecule has 0 aliphatic carbocycles. The Morgan fingerprint density at radius 2 is 1.94 bits per heavy atom. The molecule has 168 valence electrons. The number of ether oxygens (including phenoxy) is 1. The Kier molecular flexibility index (Phi) is 7.68. The second-order valence-corrected chi connectivity index (χ2v) is 9.37. The number of amides is 1. The molecule has 32 heavy (non-hydrogen) atoms. The molecular formula is C23H26ClN5O2S. The van der Waals surface area contributed by atoms with E-state index in [9.17, 15) is 4.79 Å². The van der Waals surface area contributed by atoms with Crippen molar-refractivity contribution < 1.29 is 9.53 Å². The molecule has 0 saturated carbocycles. The first-order valence-electron chi connectivity index (χ1n) is 10.5. The molecule has 0 spiro atoms. The van der Waals surface area contributed by atoms with Crippen LogP contribution in [0, 0.1) is 0 Å². The molecule has 3 aromatic rings. The minimum absolute atomic E-state index is 0.0255. The van der Waals surface area contributed by atoms with Crippen molar-refractivity contribution in [1.82, 2.24) is 24.8 Å². The van der Waals surface area contributed by atoms with E-state index >= 15 is 0 Å². The number of carbonyl (C=O) groups is 1. The van der Waals surface area contributed by atoms with Gasteiger partial charge in [-0.15, -0.1) is 5.10 Å². The average molecular weight is 472 g/mol. The number of halogens is 1. The molecule has 1 aliphatic rings. The number of aromatic nitrogens is 3. The second-order valence-electron chi connectivity index (χ2n) is 7.71. The third-order valence-corrected chi connectivity index (χ3v) is 6.36. The van der Waals surface area contributed by atoms with E-state index in [0.29, 0.717) is 17.3 Å². The molecule has 1 saturated heterocycles. The summed E-state index contributed by atoms with van der Waals surface area (Å²) in [4.78, 5) is 16.6. The SMILES string of the molecule is CN(CCn1cc(C(=O)N2CCSCC2)nn1)Cc1cccc(Oc2ccc(Cl)cc2)c1. The van der Waals surface area contributed by atoms with E-state index < -0.39 is 0 Å². The lowest BCUT2D eigenvalue weighted by atomic mass is 10.2. The van der Waals surface area contributed by atoms with Gasteiger partial charge in [0.25, 0.3) is 5.91 Å². The summed E-state index contributed by atoms with van der Waals surface area (Å²) < 4.78 is 7.66. The number of thioether (sulfide) groups is 1. The summed E-state index contributed by atoms with van der Waals surface area (Å²) >= 11 is 7.81. The number of hydrogen-bond acceptors (Lipinski definition) is 6. The largest absolute Gasteiger partial charge is 0.457 e. The molecule has 4 rings (SSSR count). The number of carbonyl (C=O) groups excluding carboxylic acids is 1. The number of hydrogen-bond donors (Lipinski definition) is 0. The van der Waals surface area contributed by atoms with Gasteiger partial charge < -0.3 is 14.5 Å². The van der Waals surface area contributed by atoms with Crippen molar-refractivity contribution in [2.45, 2.75) is 13.1 Å². The fourth-order valence-electron chi connectivity index (χ4n) is 3.44. The van der Waals surface area contributed by atoms with Crippen LogP contribution in [0.15, 0.2) is 54.7 Å². The molecule has 1 amide bonds. The Balaban J connectivity index is 1.28. The molecule has 0 N–H and O–H groups in total. The van der Waals surface area contributed by atoms with Crippen molar-refractivity contribution in [3.8, 4) is 11.5 Å². The maximum Gasteiger partial charge on any atom is 0.276 e. The van der Waals surface area contributed by atoms with Gasteiger partial charge in [0.1, 0.15) is 11.5 Å². The zero-order valence-corrected chi connectivity index (χ0v) is 19.6. The van der Waals surface area contributed by atoms with E-state index in [0.717, 1.165) is 54.7 Å². The highest BCUT2D eigenvalue weighted by atomic mass is 35.5. The van der Waals surface area contributed by atoms with Gasteiger partial charge in [0.05, 0.1) is 12.7 Å². The van der Waals surface area contributed by atoms with Crippen LogP contribution in [-0.4, -0.2) is 68.9 Å². The maximum absolute atomic E-state index is 12.5. The first-order valence-corrected chi connectivity index (χ1v) is 12.1. The lowest BCUT2D eigenvalue weighted by Gasteiger charge is -2.25. The Morgan fingerprint density at radius 1 is 1.16 bits per heavy atom. The van der Waals surface area contributed by atoms with E-state index in [1.807, 2.05) is 59.1 Å². The van der Waals surface area contributed by atoms with Crippen molar-refractivity contribution >= 4 is 29.3 Å². The van der Waals surface area contributed by atoms with Crippen molar-refractivity contribution in [1.29, 1.82) is 0 Å². The number of benzene rings is 2. The smallest absolute Gasteiger partial charge is 0.276 e. The third-order valence-electron chi connectivity index (χ3n) is 5.17. The topological polar surface area (TPSA) is 63.5 Å². The molecule has 1 aromatic heterocycles. The van der Waals surface area contributed by atoms with Crippen molar-refractivity contribution in [2.75, 3.05) is 38.2 Å². The molecule has 0 atom stereocenters. The Labute approximate surface area is 197 Å². The van der Waals surface area contributed by atoms with E-state index in [4.69, 9.17) is 16.3 Å². The number of nitrogens with zero attached hydrogens (tertiary/aromatic N) is 5. The molecule has 1 fully saturated rings. The van der Waals surface area contributed by atoms with E-state index in [1.54, 1.807) is 10.9 Å². The van der Waals surface area contributed by atoms with Crippen molar-refractivity contribution in [3.63, 3.8) is 0 Å². The van der Waals surface area contributed by atoms with Gasteiger partial charge in [0.15, 0.2) is 5.69 Å². The van der Waals surface area contributed by atoms with Gasteiger partial charge in [-0.05, 0) is 49.0 Å². The molecule has 0 radical (unpaired) electrons. The normalized spacial score (nSPS) is 14.0. The predicted molar refractivity (Wildman–Crippen MR) is 128 cm³/mol. The van der Waals surface area contributed by atoms with E-state index in [2.05, 4.69) is 28.3 Å². The monoisotopic (exact) mass is 471 g/mol. The summed E-state index contributed by atoms with van der Waals surface area (Å²) in [6.45, 7) is 3.76.